The van der Waals surface area contributed by atoms with Crippen LogP contribution in [0.15, 0.2) is 0 Å². The molecule has 21 heavy (non-hydrogen) atoms. The molecule has 0 saturated heterocycles. The Balaban J connectivity index is 2.12. The molecule has 0 bridgehead atoms. The number of carboxylic acid groups (broad SMARTS) is 1. The highest BCUT2D eigenvalue weighted by Gasteiger charge is 2.21. The Hall–Kier alpha value is -1.59. The standard InChI is InChI=1S/C15H26N2O4/c1-2-11-7-9-12(10-8-11)16-15(21)17-13(18)5-3-4-6-14(19)20/h11-12H,2-10H2,1H3,(H,19,20)(H2,16,17,18,21). The van der Waals surface area contributed by atoms with Gasteiger partial charge in [0.1, 0.15) is 0 Å². The lowest BCUT2D eigenvalue weighted by Crippen LogP contribution is -2.45. The molecular weight excluding hydrogens is 272 g/mol. The summed E-state index contributed by atoms with van der Waals surface area (Å²) in [4.78, 5) is 33.5. The highest BCUT2D eigenvalue weighted by Crippen LogP contribution is 2.26. The molecule has 1 fully saturated rings. The Morgan fingerprint density at radius 2 is 1.67 bits per heavy atom. The maximum Gasteiger partial charge on any atom is 0.321 e. The first-order valence-corrected chi connectivity index (χ1v) is 7.83. The zero-order valence-electron chi connectivity index (χ0n) is 12.7. The molecular formula is C15H26N2O4. The summed E-state index contributed by atoms with van der Waals surface area (Å²) in [7, 11) is 0. The largest absolute Gasteiger partial charge is 0.481 e. The number of aliphatic carboxylic acids is 1. The normalized spacial score (nSPS) is 21.6. The quantitative estimate of drug-likeness (QED) is 0.629. The Morgan fingerprint density at radius 3 is 2.24 bits per heavy atom. The lowest BCUT2D eigenvalue weighted by molar-refractivity contribution is -0.137. The van der Waals surface area contributed by atoms with Crippen molar-refractivity contribution in [3.05, 3.63) is 0 Å². The molecule has 1 aliphatic carbocycles. The molecule has 1 rings (SSSR count). The monoisotopic (exact) mass is 298 g/mol. The first-order valence-electron chi connectivity index (χ1n) is 7.83. The highest BCUT2D eigenvalue weighted by atomic mass is 16.4. The summed E-state index contributed by atoms with van der Waals surface area (Å²) in [6.45, 7) is 2.19. The maximum atomic E-state index is 11.7. The number of imide groups is 1. The summed E-state index contributed by atoms with van der Waals surface area (Å²) in [5.41, 5.74) is 0. The van der Waals surface area contributed by atoms with Crippen molar-refractivity contribution < 1.29 is 19.5 Å². The molecule has 0 atom stereocenters. The Kier molecular flexibility index (Phi) is 7.79. The third-order valence-corrected chi connectivity index (χ3v) is 4.06. The second-order valence-corrected chi connectivity index (χ2v) is 5.75. The molecule has 6 heteroatoms. The van der Waals surface area contributed by atoms with E-state index in [4.69, 9.17) is 5.11 Å². The number of hydrogen-bond acceptors (Lipinski definition) is 3. The number of urea groups is 1. The molecule has 0 aromatic rings. The molecule has 1 saturated carbocycles. The molecule has 6 nitrogen and oxygen atoms in total. The van der Waals surface area contributed by atoms with Gasteiger partial charge in [-0.1, -0.05) is 13.3 Å². The van der Waals surface area contributed by atoms with Crippen LogP contribution in [0.4, 0.5) is 4.79 Å². The van der Waals surface area contributed by atoms with Crippen molar-refractivity contribution in [3.63, 3.8) is 0 Å². The van der Waals surface area contributed by atoms with Crippen LogP contribution in [0.25, 0.3) is 0 Å². The minimum atomic E-state index is -0.865. The number of amides is 3. The summed E-state index contributed by atoms with van der Waals surface area (Å²) < 4.78 is 0. The molecule has 0 aliphatic heterocycles. The number of carbonyl (C=O) groups excluding carboxylic acids is 2. The fourth-order valence-corrected chi connectivity index (χ4v) is 2.69. The second kappa shape index (κ2) is 9.37. The van der Waals surface area contributed by atoms with Gasteiger partial charge >= 0.3 is 12.0 Å². The molecule has 120 valence electrons. The number of carboxylic acids is 1. The SMILES string of the molecule is CCC1CCC(NC(=O)NC(=O)CCCCC(=O)O)CC1. The van der Waals surface area contributed by atoms with E-state index in [1.165, 1.54) is 6.42 Å². The number of rotatable bonds is 7. The molecule has 3 N–H and O–H groups in total. The third-order valence-electron chi connectivity index (χ3n) is 4.06. The summed E-state index contributed by atoms with van der Waals surface area (Å²) in [6.07, 6.45) is 6.56. The van der Waals surface area contributed by atoms with Crippen LogP contribution in [0.3, 0.4) is 0 Å². The van der Waals surface area contributed by atoms with Crippen LogP contribution in [0.5, 0.6) is 0 Å². The lowest BCUT2D eigenvalue weighted by atomic mass is 9.85. The van der Waals surface area contributed by atoms with Gasteiger partial charge in [0.05, 0.1) is 0 Å². The van der Waals surface area contributed by atoms with E-state index in [0.717, 1.165) is 31.6 Å². The van der Waals surface area contributed by atoms with E-state index in [1.807, 2.05) is 0 Å². The van der Waals surface area contributed by atoms with Gasteiger partial charge in [-0.2, -0.15) is 0 Å². The van der Waals surface area contributed by atoms with E-state index < -0.39 is 12.0 Å². The van der Waals surface area contributed by atoms with Crippen LogP contribution in [0.2, 0.25) is 0 Å². The van der Waals surface area contributed by atoms with Gasteiger partial charge in [0.15, 0.2) is 0 Å². The van der Waals surface area contributed by atoms with Crippen LogP contribution in [0.1, 0.15) is 64.7 Å². The fourth-order valence-electron chi connectivity index (χ4n) is 2.69. The smallest absolute Gasteiger partial charge is 0.321 e. The summed E-state index contributed by atoms with van der Waals surface area (Å²) in [5, 5.41) is 13.6. The van der Waals surface area contributed by atoms with Gasteiger partial charge in [-0.3, -0.25) is 14.9 Å². The molecule has 0 aromatic heterocycles. The number of hydrogen-bond donors (Lipinski definition) is 3. The first kappa shape index (κ1) is 17.5. The van der Waals surface area contributed by atoms with Gasteiger partial charge < -0.3 is 10.4 Å². The predicted octanol–water partition coefficient (Wildman–Crippen LogP) is 2.43. The summed E-state index contributed by atoms with van der Waals surface area (Å²) in [6, 6.07) is -0.272. The molecule has 1 aliphatic rings. The highest BCUT2D eigenvalue weighted by molar-refractivity contribution is 5.94. The van der Waals surface area contributed by atoms with Gasteiger partial charge in [-0.15, -0.1) is 0 Å². The van der Waals surface area contributed by atoms with Crippen LogP contribution >= 0.6 is 0 Å². The van der Waals surface area contributed by atoms with Gasteiger partial charge in [-0.05, 0) is 44.4 Å². The fraction of sp³-hybridized carbons (Fsp3) is 0.800. The molecule has 0 unspecified atom stereocenters. The van der Waals surface area contributed by atoms with Crippen molar-refractivity contribution >= 4 is 17.9 Å². The van der Waals surface area contributed by atoms with Crippen LogP contribution in [0, 0.1) is 5.92 Å². The van der Waals surface area contributed by atoms with Crippen LogP contribution in [-0.2, 0) is 9.59 Å². The number of nitrogens with one attached hydrogen (secondary N) is 2. The molecule has 0 aromatic carbocycles. The second-order valence-electron chi connectivity index (χ2n) is 5.75. The van der Waals surface area contributed by atoms with Crippen molar-refractivity contribution in [3.8, 4) is 0 Å². The topological polar surface area (TPSA) is 95.5 Å². The minimum Gasteiger partial charge on any atom is -0.481 e. The number of carbonyl (C=O) groups is 3. The van der Waals surface area contributed by atoms with E-state index in [2.05, 4.69) is 17.6 Å². The van der Waals surface area contributed by atoms with E-state index in [-0.39, 0.29) is 24.8 Å². The third kappa shape index (κ3) is 7.68. The Bertz CT molecular complexity index is 363. The minimum absolute atomic E-state index is 0.0557. The average Bonchev–Trinajstić information content (AvgIpc) is 2.44. The van der Waals surface area contributed by atoms with E-state index >= 15 is 0 Å². The average molecular weight is 298 g/mol. The van der Waals surface area contributed by atoms with Crippen molar-refractivity contribution in [2.24, 2.45) is 5.92 Å². The maximum absolute atomic E-state index is 11.7. The van der Waals surface area contributed by atoms with Crippen molar-refractivity contribution in [2.45, 2.75) is 70.8 Å². The zero-order chi connectivity index (χ0) is 15.7. The molecule has 0 heterocycles. The Labute approximate surface area is 125 Å². The van der Waals surface area contributed by atoms with Crippen molar-refractivity contribution in [1.29, 1.82) is 0 Å². The van der Waals surface area contributed by atoms with E-state index in [0.29, 0.717) is 12.8 Å². The molecule has 3 amide bonds. The van der Waals surface area contributed by atoms with Gasteiger partial charge in [0.2, 0.25) is 5.91 Å². The van der Waals surface area contributed by atoms with Crippen LogP contribution in [-0.4, -0.2) is 29.1 Å². The lowest BCUT2D eigenvalue weighted by Gasteiger charge is -2.28. The zero-order valence-corrected chi connectivity index (χ0v) is 12.7. The predicted molar refractivity (Wildman–Crippen MR) is 78.8 cm³/mol. The van der Waals surface area contributed by atoms with Crippen LogP contribution < -0.4 is 10.6 Å². The molecule has 0 spiro atoms. The van der Waals surface area contributed by atoms with Gasteiger partial charge in [0, 0.05) is 18.9 Å². The van der Waals surface area contributed by atoms with Gasteiger partial charge in [-0.25, -0.2) is 4.79 Å². The van der Waals surface area contributed by atoms with Crippen molar-refractivity contribution in [2.75, 3.05) is 0 Å². The molecule has 0 radical (unpaired) electrons. The first-order chi connectivity index (χ1) is 10.0. The van der Waals surface area contributed by atoms with Gasteiger partial charge in [0.25, 0.3) is 0 Å². The Morgan fingerprint density at radius 1 is 1.05 bits per heavy atom. The number of unbranched alkanes of at least 4 members (excludes halogenated alkanes) is 1. The van der Waals surface area contributed by atoms with E-state index in [1.54, 1.807) is 0 Å². The van der Waals surface area contributed by atoms with E-state index in [9.17, 15) is 14.4 Å². The summed E-state index contributed by atoms with van der Waals surface area (Å²) >= 11 is 0. The summed E-state index contributed by atoms with van der Waals surface area (Å²) in [5.74, 6) is -0.446. The van der Waals surface area contributed by atoms with Crippen molar-refractivity contribution in [1.82, 2.24) is 10.6 Å².